The molecule has 7 atom stereocenters. The van der Waals surface area contributed by atoms with Gasteiger partial charge in [0.25, 0.3) is 5.91 Å². The van der Waals surface area contributed by atoms with Crippen LogP contribution in [0.15, 0.2) is 66.9 Å². The predicted molar refractivity (Wildman–Crippen MR) is 171 cm³/mol. The lowest BCUT2D eigenvalue weighted by Gasteiger charge is -2.41. The largest absolute Gasteiger partial charge is 0.497 e. The second-order valence-electron chi connectivity index (χ2n) is 12.1. The molecular weight excluding hydrogens is 590 g/mol. The Balaban J connectivity index is 1.20. The molecule has 246 valence electrons. The molecule has 0 radical (unpaired) electrons. The molecule has 2 aromatic carbocycles. The summed E-state index contributed by atoms with van der Waals surface area (Å²) in [6.07, 6.45) is 2.43. The number of nitrogens with zero attached hydrogens (tertiary/aromatic N) is 1. The number of amides is 2. The lowest BCUT2D eigenvalue weighted by molar-refractivity contribution is -0.245. The second kappa shape index (κ2) is 15.0. The van der Waals surface area contributed by atoms with E-state index in [1.54, 1.807) is 19.4 Å². The van der Waals surface area contributed by atoms with E-state index >= 15 is 0 Å². The first-order valence-corrected chi connectivity index (χ1v) is 15.9. The van der Waals surface area contributed by atoms with Crippen molar-refractivity contribution in [1.29, 1.82) is 0 Å². The van der Waals surface area contributed by atoms with Crippen LogP contribution in [0.3, 0.4) is 0 Å². The van der Waals surface area contributed by atoms with E-state index in [1.165, 1.54) is 0 Å². The van der Waals surface area contributed by atoms with Gasteiger partial charge in [0.1, 0.15) is 35.9 Å². The molecule has 1 aliphatic carbocycles. The van der Waals surface area contributed by atoms with Gasteiger partial charge in [-0.2, -0.15) is 0 Å². The molecule has 11 nitrogen and oxygen atoms in total. The van der Waals surface area contributed by atoms with Crippen LogP contribution in [0.2, 0.25) is 0 Å². The average Bonchev–Trinajstić information content (AvgIpc) is 3.59. The van der Waals surface area contributed by atoms with Gasteiger partial charge in [-0.15, -0.1) is 0 Å². The summed E-state index contributed by atoms with van der Waals surface area (Å²) in [5.41, 5.74) is 2.26. The molecule has 1 aliphatic heterocycles. The minimum Gasteiger partial charge on any atom is -0.497 e. The third kappa shape index (κ3) is 7.50. The second-order valence-corrected chi connectivity index (χ2v) is 12.1. The highest BCUT2D eigenvalue weighted by molar-refractivity contribution is 6.07. The van der Waals surface area contributed by atoms with E-state index in [2.05, 4.69) is 10.6 Å². The Kier molecular flexibility index (Phi) is 10.9. The van der Waals surface area contributed by atoms with E-state index in [-0.39, 0.29) is 30.6 Å². The molecule has 3 aromatic rings. The number of nitrogens with one attached hydrogen (secondary N) is 2. The Morgan fingerprint density at radius 3 is 2.61 bits per heavy atom. The molecule has 2 aliphatic rings. The fourth-order valence-corrected chi connectivity index (χ4v) is 6.49. The number of benzene rings is 2. The number of hydrogen-bond donors (Lipinski definition) is 5. The molecule has 1 saturated carbocycles. The molecule has 1 aromatic heterocycles. The summed E-state index contributed by atoms with van der Waals surface area (Å²) in [6.45, 7) is 2.34. The number of hydrogen-bond acceptors (Lipinski definition) is 8. The number of ether oxygens (including phenoxy) is 2. The summed E-state index contributed by atoms with van der Waals surface area (Å²) < 4.78 is 12.9. The standard InChI is InChI=1S/C35H43N3O8/c1-3-4-6-11-24-22(12-15-28(24)39)16-30(40)37-31-33(42)32(41)29(46-35(31)44)18-36-34(43)26-20-38(19-21-9-7-5-8-10-21)27-17-23(45-2)13-14-25(26)27/h4-10,13-14,17,20,22,24,29,31-33,35,41-42,44H,3,11-12,15-16,18-19H2,1-2H3,(H,36,43)(H,37,40)/b6-4-/t22-,24-,29?,31?,32?,33?,35?/m1/s1. The van der Waals surface area contributed by atoms with E-state index in [0.29, 0.717) is 42.5 Å². The number of carbonyl (C=O) groups is 3. The maximum Gasteiger partial charge on any atom is 0.253 e. The molecule has 11 heteroatoms. The highest BCUT2D eigenvalue weighted by Gasteiger charge is 2.45. The molecule has 0 spiro atoms. The fourth-order valence-electron chi connectivity index (χ4n) is 6.49. The molecule has 5 unspecified atom stereocenters. The van der Waals surface area contributed by atoms with E-state index < -0.39 is 42.5 Å². The Labute approximate surface area is 268 Å². The van der Waals surface area contributed by atoms with E-state index in [1.807, 2.05) is 66.1 Å². The smallest absolute Gasteiger partial charge is 0.253 e. The molecule has 0 bridgehead atoms. The quantitative estimate of drug-likeness (QED) is 0.191. The van der Waals surface area contributed by atoms with Gasteiger partial charge in [0.2, 0.25) is 5.91 Å². The van der Waals surface area contributed by atoms with Crippen molar-refractivity contribution in [2.75, 3.05) is 13.7 Å². The number of fused-ring (bicyclic) bond motifs is 1. The van der Waals surface area contributed by atoms with E-state index in [0.717, 1.165) is 17.5 Å². The monoisotopic (exact) mass is 633 g/mol. The Bertz CT molecular complexity index is 1550. The van der Waals surface area contributed by atoms with Gasteiger partial charge >= 0.3 is 0 Å². The third-order valence-corrected chi connectivity index (χ3v) is 9.03. The van der Waals surface area contributed by atoms with Crippen molar-refractivity contribution < 1.29 is 39.2 Å². The van der Waals surface area contributed by atoms with Crippen molar-refractivity contribution in [2.45, 2.75) is 76.2 Å². The van der Waals surface area contributed by atoms with Crippen LogP contribution in [-0.4, -0.2) is 81.8 Å². The van der Waals surface area contributed by atoms with Crippen LogP contribution in [0.1, 0.15) is 54.9 Å². The number of carbonyl (C=O) groups excluding carboxylic acids is 3. The number of Topliss-reactive ketones (excluding diaryl/α,β-unsaturated/α-hetero) is 1. The Hall–Kier alpha value is -4.03. The van der Waals surface area contributed by atoms with Crippen LogP contribution in [-0.2, 0) is 20.9 Å². The molecule has 5 rings (SSSR count). The third-order valence-electron chi connectivity index (χ3n) is 9.03. The normalized spacial score (nSPS) is 26.5. The maximum atomic E-state index is 13.4. The van der Waals surface area contributed by atoms with Crippen molar-refractivity contribution in [3.05, 3.63) is 78.0 Å². The van der Waals surface area contributed by atoms with Gasteiger partial charge in [-0.1, -0.05) is 49.4 Å². The molecule has 5 N–H and O–H groups in total. The van der Waals surface area contributed by atoms with Crippen molar-refractivity contribution in [3.8, 4) is 5.75 Å². The van der Waals surface area contributed by atoms with Crippen molar-refractivity contribution in [2.24, 2.45) is 11.8 Å². The van der Waals surface area contributed by atoms with Gasteiger partial charge in [0.15, 0.2) is 6.29 Å². The fraction of sp³-hybridized carbons (Fsp3) is 0.457. The van der Waals surface area contributed by atoms with Crippen LogP contribution >= 0.6 is 0 Å². The summed E-state index contributed by atoms with van der Waals surface area (Å²) in [5.74, 6) is -0.458. The van der Waals surface area contributed by atoms with Crippen LogP contribution in [0.5, 0.6) is 5.75 Å². The van der Waals surface area contributed by atoms with Gasteiger partial charge < -0.3 is 40.0 Å². The summed E-state index contributed by atoms with van der Waals surface area (Å²) >= 11 is 0. The van der Waals surface area contributed by atoms with Crippen LogP contribution in [0, 0.1) is 11.8 Å². The van der Waals surface area contributed by atoms with Crippen LogP contribution < -0.4 is 15.4 Å². The van der Waals surface area contributed by atoms with Crippen LogP contribution in [0.4, 0.5) is 0 Å². The highest BCUT2D eigenvalue weighted by atomic mass is 16.6. The first-order chi connectivity index (χ1) is 22.2. The first kappa shape index (κ1) is 33.3. The molecule has 2 amide bonds. The zero-order valence-corrected chi connectivity index (χ0v) is 26.2. The zero-order chi connectivity index (χ0) is 32.8. The Morgan fingerprint density at radius 2 is 1.87 bits per heavy atom. The van der Waals surface area contributed by atoms with Crippen LogP contribution in [0.25, 0.3) is 10.9 Å². The van der Waals surface area contributed by atoms with Gasteiger partial charge in [0.05, 0.1) is 18.2 Å². The van der Waals surface area contributed by atoms with Crippen molar-refractivity contribution in [3.63, 3.8) is 0 Å². The molecular formula is C35H43N3O8. The molecule has 2 heterocycles. The van der Waals surface area contributed by atoms with Gasteiger partial charge in [-0.25, -0.2) is 0 Å². The molecule has 46 heavy (non-hydrogen) atoms. The number of aliphatic hydroxyl groups excluding tert-OH is 3. The maximum absolute atomic E-state index is 13.4. The van der Waals surface area contributed by atoms with E-state index in [9.17, 15) is 29.7 Å². The minimum absolute atomic E-state index is 0.0612. The van der Waals surface area contributed by atoms with E-state index in [4.69, 9.17) is 9.47 Å². The first-order valence-electron chi connectivity index (χ1n) is 15.9. The van der Waals surface area contributed by atoms with Gasteiger partial charge in [-0.3, -0.25) is 14.4 Å². The number of methoxy groups -OCH3 is 1. The topological polar surface area (TPSA) is 159 Å². The lowest BCUT2D eigenvalue weighted by Crippen LogP contribution is -2.65. The summed E-state index contributed by atoms with van der Waals surface area (Å²) in [4.78, 5) is 38.7. The molecule has 1 saturated heterocycles. The average molecular weight is 634 g/mol. The minimum atomic E-state index is -1.63. The predicted octanol–water partition coefficient (Wildman–Crippen LogP) is 2.69. The lowest BCUT2D eigenvalue weighted by atomic mass is 9.89. The number of aromatic nitrogens is 1. The number of rotatable bonds is 12. The van der Waals surface area contributed by atoms with Gasteiger partial charge in [0, 0.05) is 49.5 Å². The summed E-state index contributed by atoms with van der Waals surface area (Å²) in [7, 11) is 1.58. The Morgan fingerprint density at radius 1 is 1.09 bits per heavy atom. The highest BCUT2D eigenvalue weighted by Crippen LogP contribution is 2.34. The molecule has 2 fully saturated rings. The number of aliphatic hydroxyl groups is 3. The summed E-state index contributed by atoms with van der Waals surface area (Å²) in [6, 6.07) is 14.0. The number of ketones is 1. The zero-order valence-electron chi connectivity index (χ0n) is 26.2. The number of allylic oxidation sites excluding steroid dienone is 2. The SMILES string of the molecule is CC/C=C\C[C@H]1C(=O)CC[C@@H]1CC(=O)NC1C(O)OC(CNC(=O)c2cn(Cc3ccccc3)c3cc(OC)ccc23)C(O)C1O. The van der Waals surface area contributed by atoms with Crippen molar-refractivity contribution in [1.82, 2.24) is 15.2 Å². The summed E-state index contributed by atoms with van der Waals surface area (Å²) in [5, 5.41) is 38.4. The van der Waals surface area contributed by atoms with Crippen molar-refractivity contribution >= 4 is 28.5 Å². The van der Waals surface area contributed by atoms with Gasteiger partial charge in [-0.05, 0) is 42.9 Å².